The van der Waals surface area contributed by atoms with Crippen LogP contribution < -0.4 is 5.32 Å². The lowest BCUT2D eigenvalue weighted by Gasteiger charge is -2.23. The molecule has 3 heteroatoms. The van der Waals surface area contributed by atoms with Gasteiger partial charge in [0.15, 0.2) is 0 Å². The van der Waals surface area contributed by atoms with E-state index in [4.69, 9.17) is 5.11 Å². The van der Waals surface area contributed by atoms with Crippen LogP contribution in [0.1, 0.15) is 25.0 Å². The third-order valence-corrected chi connectivity index (χ3v) is 2.73. The summed E-state index contributed by atoms with van der Waals surface area (Å²) in [6, 6.07) is 3.68. The average molecular weight is 223 g/mol. The molecule has 0 spiro atoms. The number of aliphatic hydroxyl groups is 1. The first-order valence-corrected chi connectivity index (χ1v) is 5.51. The fourth-order valence-corrected chi connectivity index (χ4v) is 1.38. The molecule has 0 fully saturated rings. The van der Waals surface area contributed by atoms with E-state index in [1.165, 1.54) is 0 Å². The zero-order valence-electron chi connectivity index (χ0n) is 10.5. The van der Waals surface area contributed by atoms with Crippen molar-refractivity contribution in [2.75, 3.05) is 18.5 Å². The van der Waals surface area contributed by atoms with Gasteiger partial charge in [-0.3, -0.25) is 0 Å². The first-order valence-electron chi connectivity index (χ1n) is 5.51. The lowest BCUT2D eigenvalue weighted by molar-refractivity contribution is 0.171. The largest absolute Gasteiger partial charge is 0.508 e. The minimum Gasteiger partial charge on any atom is -0.508 e. The summed E-state index contributed by atoms with van der Waals surface area (Å²) in [5, 5.41) is 22.0. The van der Waals surface area contributed by atoms with Crippen LogP contribution >= 0.6 is 0 Å². The van der Waals surface area contributed by atoms with E-state index in [-0.39, 0.29) is 12.0 Å². The first kappa shape index (κ1) is 12.8. The van der Waals surface area contributed by atoms with Gasteiger partial charge in [-0.2, -0.15) is 0 Å². The quantitative estimate of drug-likeness (QED) is 0.687. The van der Waals surface area contributed by atoms with Crippen LogP contribution in [0.3, 0.4) is 0 Å². The molecule has 90 valence electrons. The molecule has 1 aromatic carbocycles. The van der Waals surface area contributed by atoms with E-state index in [0.29, 0.717) is 12.3 Å². The zero-order chi connectivity index (χ0) is 12.3. The summed E-state index contributed by atoms with van der Waals surface area (Å²) < 4.78 is 0. The molecule has 1 rings (SSSR count). The molecule has 0 aromatic heterocycles. The van der Waals surface area contributed by atoms with Crippen molar-refractivity contribution in [2.24, 2.45) is 5.41 Å². The number of aryl methyl sites for hydroxylation is 2. The second-order valence-electron chi connectivity index (χ2n) is 5.13. The van der Waals surface area contributed by atoms with Crippen molar-refractivity contribution in [3.8, 4) is 5.75 Å². The molecule has 16 heavy (non-hydrogen) atoms. The van der Waals surface area contributed by atoms with E-state index in [9.17, 15) is 5.11 Å². The fourth-order valence-electron chi connectivity index (χ4n) is 1.38. The maximum atomic E-state index is 9.53. The van der Waals surface area contributed by atoms with E-state index in [2.05, 4.69) is 5.32 Å². The van der Waals surface area contributed by atoms with E-state index in [1.807, 2.05) is 33.8 Å². The predicted molar refractivity (Wildman–Crippen MR) is 66.9 cm³/mol. The van der Waals surface area contributed by atoms with Crippen LogP contribution in [0.4, 0.5) is 5.69 Å². The van der Waals surface area contributed by atoms with Crippen molar-refractivity contribution < 1.29 is 10.2 Å². The molecule has 0 aliphatic rings. The van der Waals surface area contributed by atoms with Crippen molar-refractivity contribution >= 4 is 5.69 Å². The van der Waals surface area contributed by atoms with Crippen LogP contribution in [0.15, 0.2) is 12.1 Å². The number of rotatable bonds is 4. The summed E-state index contributed by atoms with van der Waals surface area (Å²) in [4.78, 5) is 0. The Balaban J connectivity index is 2.79. The Bertz CT molecular complexity index is 372. The maximum Gasteiger partial charge on any atom is 0.118 e. The van der Waals surface area contributed by atoms with Crippen LogP contribution in [-0.2, 0) is 0 Å². The summed E-state index contributed by atoms with van der Waals surface area (Å²) in [5.74, 6) is 0.324. The Hall–Kier alpha value is -1.22. The molecule has 0 saturated heterocycles. The molecule has 3 N–H and O–H groups in total. The summed E-state index contributed by atoms with van der Waals surface area (Å²) in [6.45, 7) is 8.68. The van der Waals surface area contributed by atoms with Gasteiger partial charge in [0.05, 0.1) is 0 Å². The average Bonchev–Trinajstić information content (AvgIpc) is 2.22. The Labute approximate surface area is 97.1 Å². The predicted octanol–water partition coefficient (Wildman–Crippen LogP) is 2.44. The Kier molecular flexibility index (Phi) is 3.81. The van der Waals surface area contributed by atoms with Crippen LogP contribution in [0, 0.1) is 19.3 Å². The first-order chi connectivity index (χ1) is 7.35. The zero-order valence-corrected chi connectivity index (χ0v) is 10.5. The molecule has 0 aliphatic heterocycles. The summed E-state index contributed by atoms with van der Waals surface area (Å²) in [7, 11) is 0. The van der Waals surface area contributed by atoms with Gasteiger partial charge >= 0.3 is 0 Å². The van der Waals surface area contributed by atoms with Crippen molar-refractivity contribution in [3.05, 3.63) is 23.3 Å². The Morgan fingerprint density at radius 3 is 2.38 bits per heavy atom. The van der Waals surface area contributed by atoms with Crippen molar-refractivity contribution in [2.45, 2.75) is 27.7 Å². The van der Waals surface area contributed by atoms with E-state index in [0.717, 1.165) is 16.8 Å². The lowest BCUT2D eigenvalue weighted by Crippen LogP contribution is -2.27. The topological polar surface area (TPSA) is 52.5 Å². The number of hydrogen-bond acceptors (Lipinski definition) is 3. The molecule has 0 atom stereocenters. The van der Waals surface area contributed by atoms with Crippen LogP contribution in [0.2, 0.25) is 0 Å². The highest BCUT2D eigenvalue weighted by molar-refractivity contribution is 5.56. The monoisotopic (exact) mass is 223 g/mol. The van der Waals surface area contributed by atoms with Crippen molar-refractivity contribution in [1.29, 1.82) is 0 Å². The molecule has 0 radical (unpaired) electrons. The van der Waals surface area contributed by atoms with Gasteiger partial charge in [0, 0.05) is 24.3 Å². The van der Waals surface area contributed by atoms with E-state index >= 15 is 0 Å². The van der Waals surface area contributed by atoms with Gasteiger partial charge in [-0.25, -0.2) is 0 Å². The minimum absolute atomic E-state index is 0.141. The lowest BCUT2D eigenvalue weighted by atomic mass is 9.94. The number of hydrogen-bond donors (Lipinski definition) is 3. The fraction of sp³-hybridized carbons (Fsp3) is 0.538. The highest BCUT2D eigenvalue weighted by Crippen LogP contribution is 2.26. The highest BCUT2D eigenvalue weighted by Gasteiger charge is 2.16. The van der Waals surface area contributed by atoms with Gasteiger partial charge < -0.3 is 15.5 Å². The Morgan fingerprint density at radius 2 is 1.81 bits per heavy atom. The molecule has 0 amide bonds. The number of anilines is 1. The molecule has 3 nitrogen and oxygen atoms in total. The van der Waals surface area contributed by atoms with Crippen LogP contribution in [-0.4, -0.2) is 23.4 Å². The number of aromatic hydroxyl groups is 1. The van der Waals surface area contributed by atoms with E-state index in [1.54, 1.807) is 6.07 Å². The van der Waals surface area contributed by atoms with Gasteiger partial charge in [0.1, 0.15) is 5.75 Å². The molecular weight excluding hydrogens is 202 g/mol. The third-order valence-electron chi connectivity index (χ3n) is 2.73. The van der Waals surface area contributed by atoms with Crippen molar-refractivity contribution in [1.82, 2.24) is 0 Å². The molecule has 0 heterocycles. The Morgan fingerprint density at radius 1 is 1.19 bits per heavy atom. The third kappa shape index (κ3) is 3.14. The summed E-state index contributed by atoms with van der Waals surface area (Å²) >= 11 is 0. The summed E-state index contributed by atoms with van der Waals surface area (Å²) in [6.07, 6.45) is 0. The van der Waals surface area contributed by atoms with Gasteiger partial charge in [-0.05, 0) is 37.1 Å². The smallest absolute Gasteiger partial charge is 0.118 e. The van der Waals surface area contributed by atoms with Crippen molar-refractivity contribution in [3.63, 3.8) is 0 Å². The minimum atomic E-state index is -0.141. The van der Waals surface area contributed by atoms with Gasteiger partial charge in [-0.15, -0.1) is 0 Å². The number of phenols is 1. The van der Waals surface area contributed by atoms with Gasteiger partial charge in [0.25, 0.3) is 0 Å². The SMILES string of the molecule is Cc1cc(NCC(C)(C)CO)c(C)cc1O. The van der Waals surface area contributed by atoms with E-state index < -0.39 is 0 Å². The van der Waals surface area contributed by atoms with Gasteiger partial charge in [-0.1, -0.05) is 13.8 Å². The van der Waals surface area contributed by atoms with Crippen LogP contribution in [0.5, 0.6) is 5.75 Å². The molecule has 0 aliphatic carbocycles. The second kappa shape index (κ2) is 4.74. The second-order valence-corrected chi connectivity index (χ2v) is 5.13. The standard InChI is InChI=1S/C13H21NO2/c1-9-6-12(16)10(2)5-11(9)14-7-13(3,4)8-15/h5-6,14-16H,7-8H2,1-4H3. The number of phenolic OH excluding ortho intramolecular Hbond substituents is 1. The molecular formula is C13H21NO2. The van der Waals surface area contributed by atoms with Gasteiger partial charge in [0.2, 0.25) is 0 Å². The maximum absolute atomic E-state index is 9.53. The number of aliphatic hydroxyl groups excluding tert-OH is 1. The number of nitrogens with one attached hydrogen (secondary N) is 1. The normalized spacial score (nSPS) is 11.6. The highest BCUT2D eigenvalue weighted by atomic mass is 16.3. The molecule has 0 bridgehead atoms. The molecule has 0 unspecified atom stereocenters. The number of benzene rings is 1. The molecule has 1 aromatic rings. The molecule has 0 saturated carbocycles. The summed E-state index contributed by atoms with van der Waals surface area (Å²) in [5.41, 5.74) is 2.74. The van der Waals surface area contributed by atoms with Crippen LogP contribution in [0.25, 0.3) is 0 Å².